The summed E-state index contributed by atoms with van der Waals surface area (Å²) < 4.78 is 11.2. The van der Waals surface area contributed by atoms with Crippen LogP contribution in [0.25, 0.3) is 16.8 Å². The fourth-order valence-corrected chi connectivity index (χ4v) is 4.09. The van der Waals surface area contributed by atoms with E-state index in [1.165, 1.54) is 43.6 Å². The summed E-state index contributed by atoms with van der Waals surface area (Å²) in [6.07, 6.45) is 12.4. The summed E-state index contributed by atoms with van der Waals surface area (Å²) >= 11 is 0. The highest BCUT2D eigenvalue weighted by atomic mass is 16.5. The zero-order chi connectivity index (χ0) is 26.4. The highest BCUT2D eigenvalue weighted by molar-refractivity contribution is 5.89. The molecule has 4 nitrogen and oxygen atoms in total. The van der Waals surface area contributed by atoms with Crippen LogP contribution >= 0.6 is 0 Å². The van der Waals surface area contributed by atoms with Crippen LogP contribution in [0.1, 0.15) is 56.6 Å². The van der Waals surface area contributed by atoms with Gasteiger partial charge in [-0.2, -0.15) is 0 Å². The topological polar surface area (TPSA) is 47.9 Å². The van der Waals surface area contributed by atoms with Crippen LogP contribution in [0.15, 0.2) is 102 Å². The van der Waals surface area contributed by atoms with Crippen LogP contribution in [0.2, 0.25) is 0 Å². The smallest absolute Gasteiger partial charge is 0.336 e. The number of esters is 1. The molecule has 0 radical (unpaired) electrons. The molecule has 0 atom stereocenters. The van der Waals surface area contributed by atoms with E-state index in [9.17, 15) is 4.79 Å². The van der Waals surface area contributed by atoms with Crippen molar-refractivity contribution in [2.24, 2.45) is 4.99 Å². The lowest BCUT2D eigenvalue weighted by Gasteiger charge is -2.06. The first-order valence-corrected chi connectivity index (χ1v) is 13.5. The van der Waals surface area contributed by atoms with Crippen molar-refractivity contribution in [2.75, 3.05) is 6.61 Å². The number of ether oxygens (including phenoxy) is 2. The highest BCUT2D eigenvalue weighted by Crippen LogP contribution is 2.21. The highest BCUT2D eigenvalue weighted by Gasteiger charge is 2.02. The molecule has 4 heteroatoms. The molecule has 4 aromatic rings. The number of unbranched alkanes of at least 4 members (excludes halogenated alkanes) is 5. The zero-order valence-electron chi connectivity index (χ0n) is 22.0. The molecule has 38 heavy (non-hydrogen) atoms. The van der Waals surface area contributed by atoms with Crippen LogP contribution in [0.3, 0.4) is 0 Å². The lowest BCUT2D eigenvalue weighted by molar-refractivity contribution is -0.128. The van der Waals surface area contributed by atoms with Gasteiger partial charge in [0.15, 0.2) is 0 Å². The molecule has 0 saturated heterocycles. The lowest BCUT2D eigenvalue weighted by Crippen LogP contribution is -2.03. The summed E-state index contributed by atoms with van der Waals surface area (Å²) in [6, 6.07) is 29.4. The molecule has 194 valence electrons. The largest absolute Gasteiger partial charge is 0.494 e. The van der Waals surface area contributed by atoms with Gasteiger partial charge in [-0.1, -0.05) is 81.5 Å². The molecule has 0 aliphatic heterocycles. The molecule has 0 unspecified atom stereocenters. The van der Waals surface area contributed by atoms with Crippen LogP contribution in [-0.4, -0.2) is 18.8 Å². The minimum absolute atomic E-state index is 0.425. The Hall–Kier alpha value is -4.18. The third kappa shape index (κ3) is 8.74. The number of fused-ring (bicyclic) bond motifs is 1. The van der Waals surface area contributed by atoms with Crippen LogP contribution in [0, 0.1) is 0 Å². The maximum atomic E-state index is 12.3. The maximum Gasteiger partial charge on any atom is 0.336 e. The Morgan fingerprint density at radius 3 is 2.21 bits per heavy atom. The molecule has 0 aliphatic carbocycles. The molecule has 0 aliphatic rings. The quantitative estimate of drug-likeness (QED) is 0.0599. The van der Waals surface area contributed by atoms with E-state index in [-0.39, 0.29) is 0 Å². The minimum atomic E-state index is -0.425. The number of carbonyl (C=O) groups excluding carboxylic acids is 1. The van der Waals surface area contributed by atoms with Gasteiger partial charge in [-0.15, -0.1) is 0 Å². The van der Waals surface area contributed by atoms with Crippen molar-refractivity contribution in [3.8, 4) is 11.5 Å². The monoisotopic (exact) mass is 505 g/mol. The number of hydrogen-bond acceptors (Lipinski definition) is 4. The first-order valence-electron chi connectivity index (χ1n) is 13.5. The summed E-state index contributed by atoms with van der Waals surface area (Å²) in [5, 5.41) is 2.35. The number of hydrogen-bond donors (Lipinski definition) is 0. The third-order valence-electron chi connectivity index (χ3n) is 6.25. The van der Waals surface area contributed by atoms with Crippen LogP contribution < -0.4 is 9.47 Å². The van der Waals surface area contributed by atoms with Gasteiger partial charge in [-0.25, -0.2) is 4.79 Å². The molecule has 4 aromatic carbocycles. The standard InChI is InChI=1S/C34H35NO3/c1-2-3-4-5-6-9-24-37-32-19-12-27(13-20-32)16-23-34(36)38-33-21-14-28(15-22-33)26-35-31-18-17-29-10-7-8-11-30(29)25-31/h7-8,10-23,25-26H,2-6,9,24H2,1H3/b23-16+,35-26?. The van der Waals surface area contributed by atoms with E-state index in [0.717, 1.165) is 41.0 Å². The van der Waals surface area contributed by atoms with Crippen molar-refractivity contribution >= 4 is 34.7 Å². The van der Waals surface area contributed by atoms with E-state index in [2.05, 4.69) is 36.2 Å². The minimum Gasteiger partial charge on any atom is -0.494 e. The van der Waals surface area contributed by atoms with Gasteiger partial charge in [0, 0.05) is 12.3 Å². The van der Waals surface area contributed by atoms with Gasteiger partial charge in [0.1, 0.15) is 11.5 Å². The predicted molar refractivity (Wildman–Crippen MR) is 158 cm³/mol. The van der Waals surface area contributed by atoms with Gasteiger partial charge in [-0.3, -0.25) is 4.99 Å². The van der Waals surface area contributed by atoms with E-state index in [0.29, 0.717) is 5.75 Å². The van der Waals surface area contributed by atoms with Crippen molar-refractivity contribution < 1.29 is 14.3 Å². The molecule has 0 N–H and O–H groups in total. The van der Waals surface area contributed by atoms with E-state index in [4.69, 9.17) is 9.47 Å². The van der Waals surface area contributed by atoms with Crippen molar-refractivity contribution in [2.45, 2.75) is 45.4 Å². The second-order valence-corrected chi connectivity index (χ2v) is 9.30. The Labute approximate surface area is 225 Å². The van der Waals surface area contributed by atoms with Crippen LogP contribution in [0.4, 0.5) is 5.69 Å². The second kappa shape index (κ2) is 14.5. The average Bonchev–Trinajstić information content (AvgIpc) is 2.96. The number of nitrogens with zero attached hydrogens (tertiary/aromatic N) is 1. The Morgan fingerprint density at radius 1 is 0.737 bits per heavy atom. The van der Waals surface area contributed by atoms with Crippen LogP contribution in [-0.2, 0) is 4.79 Å². The number of benzene rings is 4. The molecule has 0 amide bonds. The van der Waals surface area contributed by atoms with Gasteiger partial charge in [0.2, 0.25) is 0 Å². The van der Waals surface area contributed by atoms with Crippen LogP contribution in [0.5, 0.6) is 11.5 Å². The molecule has 0 spiro atoms. The number of rotatable bonds is 13. The van der Waals surface area contributed by atoms with Gasteiger partial charge in [-0.05, 0) is 82.9 Å². The van der Waals surface area contributed by atoms with E-state index < -0.39 is 5.97 Å². The summed E-state index contributed by atoms with van der Waals surface area (Å²) in [4.78, 5) is 16.8. The van der Waals surface area contributed by atoms with E-state index in [1.54, 1.807) is 24.4 Å². The summed E-state index contributed by atoms with van der Waals surface area (Å²) in [5.74, 6) is 0.912. The summed E-state index contributed by atoms with van der Waals surface area (Å²) in [5.41, 5.74) is 2.73. The Balaban J connectivity index is 1.21. The van der Waals surface area contributed by atoms with Gasteiger partial charge in [0.25, 0.3) is 0 Å². The predicted octanol–water partition coefficient (Wildman–Crippen LogP) is 8.95. The Morgan fingerprint density at radius 2 is 1.42 bits per heavy atom. The number of carbonyl (C=O) groups is 1. The molecule has 0 aromatic heterocycles. The molecular formula is C34H35NO3. The van der Waals surface area contributed by atoms with Crippen molar-refractivity contribution in [1.82, 2.24) is 0 Å². The van der Waals surface area contributed by atoms with Crippen molar-refractivity contribution in [3.05, 3.63) is 108 Å². The van der Waals surface area contributed by atoms with Crippen molar-refractivity contribution in [3.63, 3.8) is 0 Å². The van der Waals surface area contributed by atoms with E-state index in [1.807, 2.05) is 54.6 Å². The van der Waals surface area contributed by atoms with Gasteiger partial charge in [0.05, 0.1) is 12.3 Å². The fraction of sp³-hybridized carbons (Fsp3) is 0.235. The maximum absolute atomic E-state index is 12.3. The fourth-order valence-electron chi connectivity index (χ4n) is 4.09. The van der Waals surface area contributed by atoms with Gasteiger partial charge < -0.3 is 9.47 Å². The first-order chi connectivity index (χ1) is 18.7. The zero-order valence-corrected chi connectivity index (χ0v) is 22.0. The Bertz CT molecular complexity index is 1350. The molecule has 0 fully saturated rings. The Kier molecular flexibility index (Phi) is 10.3. The summed E-state index contributed by atoms with van der Waals surface area (Å²) in [6.45, 7) is 2.97. The lowest BCUT2D eigenvalue weighted by atomic mass is 10.1. The molecule has 0 saturated carbocycles. The van der Waals surface area contributed by atoms with Gasteiger partial charge >= 0.3 is 5.97 Å². The van der Waals surface area contributed by atoms with Crippen molar-refractivity contribution in [1.29, 1.82) is 0 Å². The normalized spacial score (nSPS) is 11.4. The SMILES string of the molecule is CCCCCCCCOc1ccc(/C=C/C(=O)Oc2ccc(C=Nc3ccc4ccccc4c3)cc2)cc1. The molecule has 4 rings (SSSR count). The average molecular weight is 506 g/mol. The molecule has 0 bridgehead atoms. The first kappa shape index (κ1) is 26.9. The second-order valence-electron chi connectivity index (χ2n) is 9.30. The number of aliphatic imine (C=N–C) groups is 1. The summed E-state index contributed by atoms with van der Waals surface area (Å²) in [7, 11) is 0. The third-order valence-corrected chi connectivity index (χ3v) is 6.25. The molecule has 0 heterocycles. The molecular weight excluding hydrogens is 470 g/mol. The van der Waals surface area contributed by atoms with E-state index >= 15 is 0 Å².